The second-order valence-corrected chi connectivity index (χ2v) is 7.74. The molecule has 1 fully saturated rings. The van der Waals surface area contributed by atoms with Crippen LogP contribution in [0.5, 0.6) is 0 Å². The lowest BCUT2D eigenvalue weighted by Gasteiger charge is -2.26. The van der Waals surface area contributed by atoms with Crippen LogP contribution in [0.15, 0.2) is 44.3 Å². The fraction of sp³-hybridized carbons (Fsp3) is 0.429. The van der Waals surface area contributed by atoms with Crippen LogP contribution in [0, 0.1) is 12.8 Å². The van der Waals surface area contributed by atoms with Gasteiger partial charge < -0.3 is 14.3 Å². The van der Waals surface area contributed by atoms with E-state index in [1.165, 1.54) is 12.3 Å². The molecule has 1 N–H and O–H groups in total. The number of nitrogens with zero attached hydrogens (tertiary/aromatic N) is 3. The first kappa shape index (κ1) is 19.2. The van der Waals surface area contributed by atoms with Crippen LogP contribution in [0.1, 0.15) is 38.3 Å². The Bertz CT molecular complexity index is 1040. The normalized spacial score (nSPS) is 19.2. The highest BCUT2D eigenvalue weighted by Crippen LogP contribution is 2.30. The Hall–Kier alpha value is -3.16. The molecule has 0 radical (unpaired) electrons. The summed E-state index contributed by atoms with van der Waals surface area (Å²) in [7, 11) is 0. The fourth-order valence-corrected chi connectivity index (χ4v) is 3.69. The highest BCUT2D eigenvalue weighted by Gasteiger charge is 2.22. The lowest BCUT2D eigenvalue weighted by molar-refractivity contribution is -0.122. The van der Waals surface area contributed by atoms with Gasteiger partial charge in [0.1, 0.15) is 12.2 Å². The zero-order chi connectivity index (χ0) is 20.4. The lowest BCUT2D eigenvalue weighted by atomic mass is 9.87. The lowest BCUT2D eigenvalue weighted by Crippen LogP contribution is -2.41. The van der Waals surface area contributed by atoms with Crippen LogP contribution in [-0.2, 0) is 11.3 Å². The van der Waals surface area contributed by atoms with E-state index in [1.807, 2.05) is 0 Å². The summed E-state index contributed by atoms with van der Waals surface area (Å²) in [4.78, 5) is 25.1. The first-order chi connectivity index (χ1) is 14.0. The van der Waals surface area contributed by atoms with Crippen molar-refractivity contribution in [1.29, 1.82) is 0 Å². The average molecular weight is 396 g/mol. The van der Waals surface area contributed by atoms with E-state index in [2.05, 4.69) is 22.5 Å². The molecule has 29 heavy (non-hydrogen) atoms. The van der Waals surface area contributed by atoms with Gasteiger partial charge in [0.2, 0.25) is 5.91 Å². The van der Waals surface area contributed by atoms with Crippen LogP contribution in [-0.4, -0.2) is 26.9 Å². The first-order valence-corrected chi connectivity index (χ1v) is 9.88. The molecule has 0 atom stereocenters. The summed E-state index contributed by atoms with van der Waals surface area (Å²) in [5, 5.41) is 11.3. The van der Waals surface area contributed by atoms with Crippen molar-refractivity contribution in [2.45, 2.75) is 52.1 Å². The summed E-state index contributed by atoms with van der Waals surface area (Å²) in [6.07, 6.45) is 5.68. The molecule has 0 aliphatic heterocycles. The van der Waals surface area contributed by atoms with Crippen molar-refractivity contribution in [2.24, 2.45) is 5.92 Å². The van der Waals surface area contributed by atoms with Gasteiger partial charge in [-0.25, -0.2) is 4.68 Å². The largest absolute Gasteiger partial charge is 0.463 e. The maximum atomic E-state index is 12.6. The minimum atomic E-state index is -0.392. The van der Waals surface area contributed by atoms with Crippen LogP contribution in [0.4, 0.5) is 0 Å². The molecule has 8 heteroatoms. The van der Waals surface area contributed by atoms with Crippen LogP contribution in [0.3, 0.4) is 0 Å². The molecule has 3 aromatic heterocycles. The number of hydrogen-bond donors (Lipinski definition) is 1. The first-order valence-electron chi connectivity index (χ1n) is 9.88. The molecule has 3 heterocycles. The molecule has 0 saturated heterocycles. The Kier molecular flexibility index (Phi) is 5.33. The zero-order valence-corrected chi connectivity index (χ0v) is 16.6. The quantitative estimate of drug-likeness (QED) is 0.710. The molecule has 1 aliphatic rings. The number of nitrogens with one attached hydrogen (secondary N) is 1. The molecule has 8 nitrogen and oxygen atoms in total. The number of carbonyl (C=O) groups excluding carboxylic acids is 1. The molecule has 0 spiro atoms. The molecule has 0 bridgehead atoms. The number of carbonyl (C=O) groups is 1. The van der Waals surface area contributed by atoms with Crippen LogP contribution >= 0.6 is 0 Å². The highest BCUT2D eigenvalue weighted by atomic mass is 16.5. The van der Waals surface area contributed by atoms with Crippen LogP contribution in [0.2, 0.25) is 0 Å². The summed E-state index contributed by atoms with van der Waals surface area (Å²) in [6.45, 7) is 3.88. The minimum Gasteiger partial charge on any atom is -0.463 e. The van der Waals surface area contributed by atoms with E-state index in [0.29, 0.717) is 34.4 Å². The summed E-state index contributed by atoms with van der Waals surface area (Å²) in [6, 6.07) is 6.77. The van der Waals surface area contributed by atoms with E-state index in [9.17, 15) is 9.59 Å². The second kappa shape index (κ2) is 8.06. The molecule has 0 unspecified atom stereocenters. The molecule has 1 aliphatic carbocycles. The van der Waals surface area contributed by atoms with Crippen LogP contribution < -0.4 is 10.9 Å². The monoisotopic (exact) mass is 396 g/mol. The minimum absolute atomic E-state index is 0.145. The van der Waals surface area contributed by atoms with Crippen molar-refractivity contribution in [3.8, 4) is 22.8 Å². The number of amides is 1. The van der Waals surface area contributed by atoms with Gasteiger partial charge in [-0.1, -0.05) is 12.1 Å². The summed E-state index contributed by atoms with van der Waals surface area (Å²) in [5.74, 6) is 1.39. The highest BCUT2D eigenvalue weighted by molar-refractivity contribution is 5.77. The van der Waals surface area contributed by atoms with E-state index < -0.39 is 5.56 Å². The van der Waals surface area contributed by atoms with E-state index in [0.717, 1.165) is 30.4 Å². The van der Waals surface area contributed by atoms with Gasteiger partial charge in [-0.05, 0) is 50.7 Å². The average Bonchev–Trinajstić information content (AvgIpc) is 3.37. The van der Waals surface area contributed by atoms with E-state index >= 15 is 0 Å². The van der Waals surface area contributed by atoms with Crippen molar-refractivity contribution in [3.05, 3.63) is 46.6 Å². The molecular formula is C21H24N4O4. The predicted molar refractivity (Wildman–Crippen MR) is 106 cm³/mol. The SMILES string of the molecule is Cc1cc(-c2cc(=O)n(CC(=O)NC3CCC(C)CC3)nc2-c2ccco2)on1. The molecule has 0 aromatic carbocycles. The third-order valence-electron chi connectivity index (χ3n) is 5.32. The number of hydrogen-bond acceptors (Lipinski definition) is 6. The fourth-order valence-electron chi connectivity index (χ4n) is 3.69. The second-order valence-electron chi connectivity index (χ2n) is 7.74. The zero-order valence-electron chi connectivity index (χ0n) is 16.6. The van der Waals surface area contributed by atoms with Crippen molar-refractivity contribution in [3.63, 3.8) is 0 Å². The molecular weight excluding hydrogens is 372 g/mol. The maximum absolute atomic E-state index is 12.6. The van der Waals surface area contributed by atoms with Crippen molar-refractivity contribution in [2.75, 3.05) is 0 Å². The van der Waals surface area contributed by atoms with Gasteiger partial charge in [-0.3, -0.25) is 9.59 Å². The number of furan rings is 1. The third kappa shape index (κ3) is 4.31. The Morgan fingerprint density at radius 2 is 2.03 bits per heavy atom. The number of rotatable bonds is 5. The van der Waals surface area contributed by atoms with Gasteiger partial charge in [0.15, 0.2) is 11.5 Å². The van der Waals surface area contributed by atoms with Gasteiger partial charge in [0.25, 0.3) is 5.56 Å². The van der Waals surface area contributed by atoms with Crippen molar-refractivity contribution in [1.82, 2.24) is 20.3 Å². The van der Waals surface area contributed by atoms with Gasteiger partial charge in [0.05, 0.1) is 17.5 Å². The molecule has 4 rings (SSSR count). The maximum Gasteiger partial charge on any atom is 0.268 e. The molecule has 1 saturated carbocycles. The van der Waals surface area contributed by atoms with Gasteiger partial charge >= 0.3 is 0 Å². The number of aryl methyl sites for hydroxylation is 1. The summed E-state index contributed by atoms with van der Waals surface area (Å²) < 4.78 is 12.0. The Labute approximate surface area is 167 Å². The molecule has 152 valence electrons. The number of aromatic nitrogens is 3. The van der Waals surface area contributed by atoms with Crippen molar-refractivity contribution >= 4 is 5.91 Å². The van der Waals surface area contributed by atoms with Gasteiger partial charge in [-0.15, -0.1) is 0 Å². The molecule has 3 aromatic rings. The van der Waals surface area contributed by atoms with Crippen molar-refractivity contribution < 1.29 is 13.7 Å². The van der Waals surface area contributed by atoms with E-state index in [1.54, 1.807) is 25.1 Å². The Morgan fingerprint density at radius 3 is 2.69 bits per heavy atom. The molecule has 1 amide bonds. The Morgan fingerprint density at radius 1 is 1.24 bits per heavy atom. The Balaban J connectivity index is 1.60. The van der Waals surface area contributed by atoms with Gasteiger partial charge in [-0.2, -0.15) is 5.10 Å². The smallest absolute Gasteiger partial charge is 0.268 e. The summed E-state index contributed by atoms with van der Waals surface area (Å²) >= 11 is 0. The predicted octanol–water partition coefficient (Wildman–Crippen LogP) is 3.16. The summed E-state index contributed by atoms with van der Waals surface area (Å²) in [5.41, 5.74) is 1.20. The standard InChI is InChI=1S/C21H24N4O4/c1-13-5-7-15(8-6-13)22-19(26)12-25-20(27)11-16(18-10-14(2)24-29-18)21(23-25)17-4-3-9-28-17/h3-4,9-11,13,15H,5-8,12H2,1-2H3,(H,22,26). The van der Waals surface area contributed by atoms with Crippen LogP contribution in [0.25, 0.3) is 22.8 Å². The van der Waals surface area contributed by atoms with Gasteiger partial charge in [0, 0.05) is 18.2 Å². The van der Waals surface area contributed by atoms with E-state index in [-0.39, 0.29) is 18.5 Å². The van der Waals surface area contributed by atoms with E-state index in [4.69, 9.17) is 8.94 Å². The topological polar surface area (TPSA) is 103 Å². The third-order valence-corrected chi connectivity index (χ3v) is 5.32.